The van der Waals surface area contributed by atoms with E-state index in [-0.39, 0.29) is 6.61 Å². The Morgan fingerprint density at radius 3 is 2.61 bits per heavy atom. The van der Waals surface area contributed by atoms with Gasteiger partial charge in [-0.25, -0.2) is 4.79 Å². The van der Waals surface area contributed by atoms with Crippen molar-refractivity contribution in [3.8, 4) is 5.75 Å². The number of anilines is 2. The van der Waals surface area contributed by atoms with Gasteiger partial charge in [0, 0.05) is 34.1 Å². The second kappa shape index (κ2) is 8.06. The Kier molecular flexibility index (Phi) is 6.10. The Labute approximate surface area is 144 Å². The van der Waals surface area contributed by atoms with Gasteiger partial charge in [0.1, 0.15) is 5.75 Å². The lowest BCUT2D eigenvalue weighted by Gasteiger charge is -2.13. The number of benzene rings is 2. The molecule has 2 amide bonds. The summed E-state index contributed by atoms with van der Waals surface area (Å²) in [5, 5.41) is 15.4. The van der Waals surface area contributed by atoms with E-state index < -0.39 is 6.03 Å². The molecule has 122 valence electrons. The fourth-order valence-corrected chi connectivity index (χ4v) is 2.44. The van der Waals surface area contributed by atoms with Gasteiger partial charge in [-0.05, 0) is 36.2 Å². The first kappa shape index (κ1) is 17.4. The monoisotopic (exact) mass is 354 g/mol. The van der Waals surface area contributed by atoms with Crippen LogP contribution in [0.25, 0.3) is 0 Å². The van der Waals surface area contributed by atoms with Gasteiger partial charge in [-0.2, -0.15) is 0 Å². The molecule has 0 bridgehead atoms. The third kappa shape index (κ3) is 5.03. The number of rotatable bonds is 5. The molecule has 5 nitrogen and oxygen atoms in total. The number of carbonyl (C=O) groups excluding carboxylic acids is 1. The van der Waals surface area contributed by atoms with E-state index in [0.717, 1.165) is 5.56 Å². The Morgan fingerprint density at radius 1 is 1.13 bits per heavy atom. The number of amides is 2. The molecule has 7 heteroatoms. The number of aliphatic hydroxyl groups excluding tert-OH is 1. The van der Waals surface area contributed by atoms with Crippen molar-refractivity contribution in [2.24, 2.45) is 0 Å². The first-order valence-electron chi connectivity index (χ1n) is 6.83. The average Bonchev–Trinajstić information content (AvgIpc) is 2.49. The number of halogens is 2. The van der Waals surface area contributed by atoms with Gasteiger partial charge >= 0.3 is 6.03 Å². The van der Waals surface area contributed by atoms with Gasteiger partial charge in [0.15, 0.2) is 0 Å². The highest BCUT2D eigenvalue weighted by atomic mass is 35.5. The Morgan fingerprint density at radius 2 is 1.91 bits per heavy atom. The standard InChI is InChI=1S/C16H16Cl2N2O3/c1-23-14-7-12(18)6-13(9-14)19-16(22)20-15-8-11(17)3-2-10(15)4-5-21/h2-3,6-9,21H,4-5H2,1H3,(H2,19,20,22). The van der Waals surface area contributed by atoms with Crippen molar-refractivity contribution in [1.29, 1.82) is 0 Å². The highest BCUT2D eigenvalue weighted by molar-refractivity contribution is 6.31. The number of carbonyl (C=O) groups is 1. The zero-order valence-corrected chi connectivity index (χ0v) is 13.9. The zero-order chi connectivity index (χ0) is 16.8. The summed E-state index contributed by atoms with van der Waals surface area (Å²) in [7, 11) is 1.52. The van der Waals surface area contributed by atoms with Gasteiger partial charge in [-0.15, -0.1) is 0 Å². The van der Waals surface area contributed by atoms with E-state index in [1.54, 1.807) is 36.4 Å². The van der Waals surface area contributed by atoms with Crippen LogP contribution in [0.4, 0.5) is 16.2 Å². The number of methoxy groups -OCH3 is 1. The average molecular weight is 355 g/mol. The predicted molar refractivity (Wildman–Crippen MR) is 92.9 cm³/mol. The molecule has 2 rings (SSSR count). The maximum atomic E-state index is 12.1. The summed E-state index contributed by atoms with van der Waals surface area (Å²) in [5.41, 5.74) is 1.83. The molecule has 0 saturated carbocycles. The first-order chi connectivity index (χ1) is 11.0. The van der Waals surface area contributed by atoms with Crippen molar-refractivity contribution in [1.82, 2.24) is 0 Å². The second-order valence-corrected chi connectivity index (χ2v) is 5.61. The first-order valence-corrected chi connectivity index (χ1v) is 7.59. The maximum Gasteiger partial charge on any atom is 0.323 e. The van der Waals surface area contributed by atoms with Crippen LogP contribution in [0, 0.1) is 0 Å². The maximum absolute atomic E-state index is 12.1. The van der Waals surface area contributed by atoms with Crippen molar-refractivity contribution in [2.45, 2.75) is 6.42 Å². The van der Waals surface area contributed by atoms with E-state index in [0.29, 0.717) is 33.6 Å². The molecule has 0 unspecified atom stereocenters. The van der Waals surface area contributed by atoms with Crippen molar-refractivity contribution < 1.29 is 14.6 Å². The predicted octanol–water partition coefficient (Wildman–Crippen LogP) is 4.18. The molecule has 0 radical (unpaired) electrons. The summed E-state index contributed by atoms with van der Waals surface area (Å²) in [6.45, 7) is -0.0244. The third-order valence-corrected chi connectivity index (χ3v) is 3.52. The number of hydrogen-bond acceptors (Lipinski definition) is 3. The van der Waals surface area contributed by atoms with Crippen molar-refractivity contribution in [2.75, 3.05) is 24.4 Å². The van der Waals surface area contributed by atoms with Gasteiger partial charge < -0.3 is 20.5 Å². The molecule has 0 aromatic heterocycles. The van der Waals surface area contributed by atoms with Gasteiger partial charge in [-0.3, -0.25) is 0 Å². The van der Waals surface area contributed by atoms with Gasteiger partial charge in [0.2, 0.25) is 0 Å². The van der Waals surface area contributed by atoms with E-state index in [4.69, 9.17) is 33.0 Å². The molecule has 2 aromatic carbocycles. The van der Waals surface area contributed by atoms with Crippen LogP contribution in [-0.4, -0.2) is 24.9 Å². The van der Waals surface area contributed by atoms with E-state index in [1.165, 1.54) is 7.11 Å². The van der Waals surface area contributed by atoms with Gasteiger partial charge in [0.05, 0.1) is 7.11 Å². The molecule has 0 atom stereocenters. The molecule has 23 heavy (non-hydrogen) atoms. The van der Waals surface area contributed by atoms with Crippen LogP contribution in [0.15, 0.2) is 36.4 Å². The number of aliphatic hydroxyl groups is 1. The highest BCUT2D eigenvalue weighted by Gasteiger charge is 2.09. The van der Waals surface area contributed by atoms with Crippen LogP contribution in [-0.2, 0) is 6.42 Å². The molecule has 0 fully saturated rings. The molecular formula is C16H16Cl2N2O3. The fourth-order valence-electron chi connectivity index (χ4n) is 2.04. The minimum absolute atomic E-state index is 0.0244. The minimum Gasteiger partial charge on any atom is -0.497 e. The van der Waals surface area contributed by atoms with Gasteiger partial charge in [0.25, 0.3) is 0 Å². The largest absolute Gasteiger partial charge is 0.497 e. The van der Waals surface area contributed by atoms with E-state index in [1.807, 2.05) is 0 Å². The smallest absolute Gasteiger partial charge is 0.323 e. The van der Waals surface area contributed by atoms with E-state index >= 15 is 0 Å². The minimum atomic E-state index is -0.448. The lowest BCUT2D eigenvalue weighted by molar-refractivity contribution is 0.262. The molecule has 0 aliphatic rings. The number of nitrogens with one attached hydrogen (secondary N) is 2. The Balaban J connectivity index is 2.13. The third-order valence-electron chi connectivity index (χ3n) is 3.07. The van der Waals surface area contributed by atoms with Crippen molar-refractivity contribution in [3.63, 3.8) is 0 Å². The quantitative estimate of drug-likeness (QED) is 0.754. The van der Waals surface area contributed by atoms with E-state index in [2.05, 4.69) is 10.6 Å². The fraction of sp³-hybridized carbons (Fsp3) is 0.188. The van der Waals surface area contributed by atoms with Crippen LogP contribution in [0.3, 0.4) is 0 Å². The Bertz CT molecular complexity index is 708. The summed E-state index contributed by atoms with van der Waals surface area (Å²) in [5.74, 6) is 0.538. The molecular weight excluding hydrogens is 339 g/mol. The summed E-state index contributed by atoms with van der Waals surface area (Å²) in [6.07, 6.45) is 0.414. The molecule has 0 heterocycles. The molecule has 0 aliphatic heterocycles. The van der Waals surface area contributed by atoms with Crippen LogP contribution in [0.2, 0.25) is 10.0 Å². The van der Waals surface area contributed by atoms with Crippen LogP contribution < -0.4 is 15.4 Å². The van der Waals surface area contributed by atoms with Crippen molar-refractivity contribution in [3.05, 3.63) is 52.0 Å². The summed E-state index contributed by atoms with van der Waals surface area (Å²) >= 11 is 11.9. The second-order valence-electron chi connectivity index (χ2n) is 4.73. The lowest BCUT2D eigenvalue weighted by atomic mass is 10.1. The molecule has 2 aromatic rings. The number of ether oxygens (including phenoxy) is 1. The van der Waals surface area contributed by atoms with Crippen LogP contribution in [0.5, 0.6) is 5.75 Å². The number of urea groups is 1. The highest BCUT2D eigenvalue weighted by Crippen LogP contribution is 2.25. The van der Waals surface area contributed by atoms with Crippen molar-refractivity contribution >= 4 is 40.6 Å². The number of hydrogen-bond donors (Lipinski definition) is 3. The summed E-state index contributed by atoms with van der Waals surface area (Å²) in [6, 6.07) is 9.55. The zero-order valence-electron chi connectivity index (χ0n) is 12.4. The normalized spacial score (nSPS) is 10.3. The lowest BCUT2D eigenvalue weighted by Crippen LogP contribution is -2.20. The van der Waals surface area contributed by atoms with E-state index in [9.17, 15) is 4.79 Å². The van der Waals surface area contributed by atoms with Gasteiger partial charge in [-0.1, -0.05) is 29.3 Å². The SMILES string of the molecule is COc1cc(Cl)cc(NC(=O)Nc2cc(Cl)ccc2CCO)c1. The Hall–Kier alpha value is -1.95. The van der Waals surface area contributed by atoms with Crippen LogP contribution in [0.1, 0.15) is 5.56 Å². The summed E-state index contributed by atoms with van der Waals surface area (Å²) < 4.78 is 5.10. The molecule has 0 spiro atoms. The topological polar surface area (TPSA) is 70.6 Å². The molecule has 0 saturated heterocycles. The molecule has 3 N–H and O–H groups in total. The molecule has 0 aliphatic carbocycles. The van der Waals surface area contributed by atoms with Crippen LogP contribution >= 0.6 is 23.2 Å². The summed E-state index contributed by atoms with van der Waals surface area (Å²) in [4.78, 5) is 12.1.